The van der Waals surface area contributed by atoms with Crippen molar-refractivity contribution < 1.29 is 4.42 Å². The van der Waals surface area contributed by atoms with E-state index in [1.54, 1.807) is 0 Å². The first-order chi connectivity index (χ1) is 25.3. The Balaban J connectivity index is 1.17. The number of nitrogens with zero attached hydrogens (tertiary/aromatic N) is 4. The fourth-order valence-corrected chi connectivity index (χ4v) is 7.96. The summed E-state index contributed by atoms with van der Waals surface area (Å²) in [5.41, 5.74) is 12.1. The van der Waals surface area contributed by atoms with Crippen molar-refractivity contribution in [3.8, 4) is 34.0 Å². The summed E-state index contributed by atoms with van der Waals surface area (Å²) < 4.78 is 11.3. The lowest BCUT2D eigenvalue weighted by Gasteiger charge is -2.15. The van der Waals surface area contributed by atoms with Crippen LogP contribution in [-0.2, 0) is 0 Å². The fourth-order valence-electron chi connectivity index (χ4n) is 7.96. The van der Waals surface area contributed by atoms with E-state index >= 15 is 0 Å². The first-order valence-corrected chi connectivity index (χ1v) is 17.2. The molecule has 0 amide bonds. The Morgan fingerprint density at radius 2 is 1.02 bits per heavy atom. The number of hydrogen-bond donors (Lipinski definition) is 0. The van der Waals surface area contributed by atoms with E-state index in [0.29, 0.717) is 11.5 Å². The van der Waals surface area contributed by atoms with Gasteiger partial charge in [-0.1, -0.05) is 97.1 Å². The highest BCUT2D eigenvalue weighted by atomic mass is 16.3. The van der Waals surface area contributed by atoms with Crippen molar-refractivity contribution in [3.05, 3.63) is 170 Å². The van der Waals surface area contributed by atoms with Gasteiger partial charge in [-0.25, -0.2) is 4.98 Å². The van der Waals surface area contributed by atoms with Gasteiger partial charge in [0, 0.05) is 50.1 Å². The van der Waals surface area contributed by atoms with Gasteiger partial charge in [0.25, 0.3) is 0 Å². The average molecular weight is 653 g/mol. The van der Waals surface area contributed by atoms with Crippen LogP contribution in [0.5, 0.6) is 0 Å². The molecule has 5 heteroatoms. The van der Waals surface area contributed by atoms with Crippen molar-refractivity contribution in [1.29, 1.82) is 0 Å². The Bertz CT molecular complexity index is 3060. The lowest BCUT2D eigenvalue weighted by Crippen LogP contribution is -1.97. The van der Waals surface area contributed by atoms with Gasteiger partial charge in [0.1, 0.15) is 5.52 Å². The Kier molecular flexibility index (Phi) is 5.89. The van der Waals surface area contributed by atoms with Crippen LogP contribution in [0, 0.1) is 0 Å². The van der Waals surface area contributed by atoms with Gasteiger partial charge in [-0.3, -0.25) is 4.98 Å². The van der Waals surface area contributed by atoms with E-state index in [1.807, 2.05) is 24.4 Å². The molecule has 238 valence electrons. The molecule has 51 heavy (non-hydrogen) atoms. The number of pyridine rings is 1. The summed E-state index contributed by atoms with van der Waals surface area (Å²) in [6.07, 6.45) is 1.81. The maximum atomic E-state index is 6.62. The summed E-state index contributed by atoms with van der Waals surface area (Å²) >= 11 is 0. The van der Waals surface area contributed by atoms with E-state index in [1.165, 1.54) is 32.6 Å². The Morgan fingerprint density at radius 1 is 0.431 bits per heavy atom. The molecular weight excluding hydrogens is 625 g/mol. The molecule has 0 radical (unpaired) electrons. The van der Waals surface area contributed by atoms with Crippen molar-refractivity contribution in [2.75, 3.05) is 0 Å². The van der Waals surface area contributed by atoms with Gasteiger partial charge in [0.05, 0.1) is 27.6 Å². The first kappa shape index (κ1) is 27.9. The highest BCUT2D eigenvalue weighted by Gasteiger charge is 2.20. The normalized spacial score (nSPS) is 11.9. The topological polar surface area (TPSA) is 48.8 Å². The Morgan fingerprint density at radius 3 is 1.65 bits per heavy atom. The van der Waals surface area contributed by atoms with Crippen LogP contribution in [0.3, 0.4) is 0 Å². The third-order valence-corrected chi connectivity index (χ3v) is 10.2. The van der Waals surface area contributed by atoms with Gasteiger partial charge in [-0.15, -0.1) is 0 Å². The second-order valence-corrected chi connectivity index (χ2v) is 13.0. The van der Waals surface area contributed by atoms with Crippen LogP contribution in [0.4, 0.5) is 0 Å². The van der Waals surface area contributed by atoms with Gasteiger partial charge in [-0.2, -0.15) is 0 Å². The molecule has 0 aliphatic carbocycles. The van der Waals surface area contributed by atoms with E-state index in [2.05, 4.69) is 160 Å². The van der Waals surface area contributed by atoms with E-state index in [9.17, 15) is 0 Å². The molecule has 4 aromatic heterocycles. The molecule has 11 aromatic rings. The third kappa shape index (κ3) is 4.15. The van der Waals surface area contributed by atoms with Crippen molar-refractivity contribution in [1.82, 2.24) is 19.1 Å². The Hall–Kier alpha value is -6.98. The monoisotopic (exact) mass is 652 g/mol. The lowest BCUT2D eigenvalue weighted by atomic mass is 9.98. The van der Waals surface area contributed by atoms with Gasteiger partial charge < -0.3 is 13.6 Å². The summed E-state index contributed by atoms with van der Waals surface area (Å²) in [6, 6.07) is 57.9. The number of para-hydroxylation sites is 4. The van der Waals surface area contributed by atoms with E-state index < -0.39 is 0 Å². The van der Waals surface area contributed by atoms with Crippen LogP contribution >= 0.6 is 0 Å². The summed E-state index contributed by atoms with van der Waals surface area (Å²) in [5.74, 6) is 0.558. The minimum Gasteiger partial charge on any atom is -0.436 e. The molecule has 7 aromatic carbocycles. The molecular formula is C46H28N4O. The largest absolute Gasteiger partial charge is 0.436 e. The SMILES string of the molecule is c1cc(-c2ccc(-n3c4ccccc4c4ccccc43)cc2-c2nc3c(ccc4cccnc43)o2)cc(-n2c3ccccc3c3ccccc32)c1. The first-order valence-electron chi connectivity index (χ1n) is 17.2. The molecule has 0 atom stereocenters. The lowest BCUT2D eigenvalue weighted by molar-refractivity contribution is 0.620. The number of rotatable bonds is 4. The smallest absolute Gasteiger partial charge is 0.228 e. The quantitative estimate of drug-likeness (QED) is 0.190. The van der Waals surface area contributed by atoms with Crippen LogP contribution in [0.15, 0.2) is 174 Å². The van der Waals surface area contributed by atoms with Crippen molar-refractivity contribution in [2.24, 2.45) is 0 Å². The fraction of sp³-hybridized carbons (Fsp3) is 0. The molecule has 0 N–H and O–H groups in total. The van der Waals surface area contributed by atoms with Crippen LogP contribution < -0.4 is 0 Å². The van der Waals surface area contributed by atoms with Crippen LogP contribution in [0.1, 0.15) is 0 Å². The predicted octanol–water partition coefficient (Wildman–Crippen LogP) is 11.9. The average Bonchev–Trinajstić information content (AvgIpc) is 3.89. The van der Waals surface area contributed by atoms with Crippen LogP contribution in [0.25, 0.3) is 99.6 Å². The second kappa shape index (κ2) is 10.8. The zero-order valence-electron chi connectivity index (χ0n) is 27.4. The van der Waals surface area contributed by atoms with Crippen molar-refractivity contribution in [2.45, 2.75) is 0 Å². The summed E-state index contributed by atoms with van der Waals surface area (Å²) in [7, 11) is 0. The van der Waals surface area contributed by atoms with Gasteiger partial charge in [0.15, 0.2) is 5.58 Å². The number of aromatic nitrogens is 4. The maximum absolute atomic E-state index is 6.62. The van der Waals surface area contributed by atoms with Crippen molar-refractivity contribution in [3.63, 3.8) is 0 Å². The predicted molar refractivity (Wildman–Crippen MR) is 209 cm³/mol. The summed E-state index contributed by atoms with van der Waals surface area (Å²) in [4.78, 5) is 9.84. The minimum atomic E-state index is 0.558. The molecule has 0 saturated carbocycles. The van der Waals surface area contributed by atoms with Crippen LogP contribution in [-0.4, -0.2) is 19.1 Å². The molecule has 11 rings (SSSR count). The third-order valence-electron chi connectivity index (χ3n) is 10.2. The maximum Gasteiger partial charge on any atom is 0.228 e. The number of fused-ring (bicyclic) bond motifs is 9. The highest BCUT2D eigenvalue weighted by molar-refractivity contribution is 6.10. The molecule has 0 spiro atoms. The number of oxazole rings is 1. The molecule has 0 saturated heterocycles. The van der Waals surface area contributed by atoms with Gasteiger partial charge >= 0.3 is 0 Å². The van der Waals surface area contributed by atoms with Gasteiger partial charge in [-0.05, 0) is 77.9 Å². The molecule has 0 aliphatic rings. The Labute approximate surface area is 292 Å². The molecule has 0 bridgehead atoms. The molecule has 4 heterocycles. The number of benzene rings is 7. The zero-order chi connectivity index (χ0) is 33.5. The second-order valence-electron chi connectivity index (χ2n) is 13.0. The van der Waals surface area contributed by atoms with Gasteiger partial charge in [0.2, 0.25) is 5.89 Å². The highest BCUT2D eigenvalue weighted by Crippen LogP contribution is 2.40. The molecule has 5 nitrogen and oxygen atoms in total. The van der Waals surface area contributed by atoms with Crippen molar-refractivity contribution >= 4 is 65.6 Å². The summed E-state index contributed by atoms with van der Waals surface area (Å²) in [6.45, 7) is 0. The molecule has 0 aliphatic heterocycles. The molecule has 0 fully saturated rings. The number of hydrogen-bond acceptors (Lipinski definition) is 3. The van der Waals surface area contributed by atoms with Crippen LogP contribution in [0.2, 0.25) is 0 Å². The van der Waals surface area contributed by atoms with E-state index in [-0.39, 0.29) is 0 Å². The summed E-state index contributed by atoms with van der Waals surface area (Å²) in [5, 5.41) is 5.95. The standard InChI is InChI=1S/C46H28N4O/c1-5-18-39-34(14-1)35-15-2-6-19-40(35)49(39)31-13-9-11-30(27-31)33-24-23-32(50-41-20-7-3-16-36(41)37-17-4-8-21-42(37)50)28-38(33)46-48-45-43(51-46)25-22-29-12-10-26-47-44(29)45/h1-28H. The minimum absolute atomic E-state index is 0.558. The van der Waals surface area contributed by atoms with E-state index in [4.69, 9.17) is 9.40 Å². The van der Waals surface area contributed by atoms with E-state index in [0.717, 1.165) is 55.5 Å². The molecule has 0 unspecified atom stereocenters. The zero-order valence-corrected chi connectivity index (χ0v) is 27.4.